The average Bonchev–Trinajstić information content (AvgIpc) is 3.40. The van der Waals surface area contributed by atoms with Gasteiger partial charge >= 0.3 is 12.1 Å². The van der Waals surface area contributed by atoms with E-state index in [0.717, 1.165) is 73.4 Å². The number of alkyl halides is 3. The van der Waals surface area contributed by atoms with E-state index in [9.17, 15) is 22.8 Å². The molecule has 0 radical (unpaired) electrons. The van der Waals surface area contributed by atoms with Gasteiger partial charge in [0.25, 0.3) is 5.91 Å². The zero-order chi connectivity index (χ0) is 34.6. The highest BCUT2D eigenvalue weighted by Gasteiger charge is 2.68. The van der Waals surface area contributed by atoms with Crippen LogP contribution in [0, 0.1) is 11.8 Å². The van der Waals surface area contributed by atoms with Crippen LogP contribution in [-0.2, 0) is 27.8 Å². The Kier molecular flexibility index (Phi) is 8.62. The third kappa shape index (κ3) is 5.94. The topological polar surface area (TPSA) is 64.6 Å². The minimum Gasteiger partial charge on any atom is -0.487 e. The van der Waals surface area contributed by atoms with Crippen molar-refractivity contribution in [3.05, 3.63) is 94.6 Å². The van der Waals surface area contributed by atoms with Gasteiger partial charge in [-0.25, -0.2) is 0 Å². The molecular formula is C40H44F3N2O4+. The SMILES string of the molecule is CC(=O)Oc1cc(NC(=O)C(=Cc2ccccc2)C(F)(F)F)c2c3c1C[C@@H]1[C@@H]4CCC[C@H](O2)[C@]34CC[N+]1(CCc1ccccc1)CC(C)C. The van der Waals surface area contributed by atoms with Crippen LogP contribution >= 0.6 is 0 Å². The van der Waals surface area contributed by atoms with Gasteiger partial charge in [-0.05, 0) is 36.5 Å². The van der Waals surface area contributed by atoms with E-state index in [4.69, 9.17) is 9.47 Å². The Morgan fingerprint density at radius 3 is 2.47 bits per heavy atom. The van der Waals surface area contributed by atoms with Crippen LogP contribution in [0.5, 0.6) is 11.5 Å². The maximum atomic E-state index is 14.3. The minimum atomic E-state index is -4.90. The number of hydrogen-bond donors (Lipinski definition) is 1. The standard InChI is InChI=1S/C40H43F3N2O4/c1-25(2)24-45(19-17-27-11-6-4-7-12-27)20-18-39-30-15-10-16-35(39)49-37-32(23-34(48-26(3)46)29(36(37)39)22-33(30)45)44-38(47)31(40(41,42)43)21-28-13-8-5-9-14-28/h4-9,11-14,21,23,25,30,33,35H,10,15-20,22,24H2,1-3H3/p+1/t30-,33+,35-,39+,45?/m0/s1. The van der Waals surface area contributed by atoms with E-state index >= 15 is 0 Å². The fourth-order valence-electron chi connectivity index (χ4n) is 9.77. The largest absolute Gasteiger partial charge is 0.487 e. The van der Waals surface area contributed by atoms with E-state index in [2.05, 4.69) is 43.4 Å². The minimum absolute atomic E-state index is 0.113. The van der Waals surface area contributed by atoms with Gasteiger partial charge in [-0.1, -0.05) is 74.5 Å². The molecule has 7 rings (SSSR count). The fourth-order valence-corrected chi connectivity index (χ4v) is 9.77. The summed E-state index contributed by atoms with van der Waals surface area (Å²) in [6.07, 6.45) is 1.12. The van der Waals surface area contributed by atoms with Crippen LogP contribution in [0.15, 0.2) is 72.3 Å². The second-order valence-corrected chi connectivity index (χ2v) is 14.8. The summed E-state index contributed by atoms with van der Waals surface area (Å²) in [6.45, 7) is 8.88. The second-order valence-electron chi connectivity index (χ2n) is 14.8. The Labute approximate surface area is 285 Å². The van der Waals surface area contributed by atoms with Crippen LogP contribution < -0.4 is 14.8 Å². The molecule has 4 aliphatic rings. The van der Waals surface area contributed by atoms with Crippen molar-refractivity contribution in [2.24, 2.45) is 11.8 Å². The first-order valence-corrected chi connectivity index (χ1v) is 17.5. The zero-order valence-electron chi connectivity index (χ0n) is 28.3. The molecule has 0 aromatic heterocycles. The summed E-state index contributed by atoms with van der Waals surface area (Å²) in [5.74, 6) is -0.318. The lowest BCUT2D eigenvalue weighted by Gasteiger charge is -2.62. The second kappa shape index (κ2) is 12.7. The lowest BCUT2D eigenvalue weighted by Crippen LogP contribution is -2.72. The third-order valence-electron chi connectivity index (χ3n) is 11.4. The van der Waals surface area contributed by atoms with E-state index in [1.165, 1.54) is 30.7 Å². The summed E-state index contributed by atoms with van der Waals surface area (Å²) in [5, 5.41) is 2.56. The average molecular weight is 674 g/mol. The summed E-state index contributed by atoms with van der Waals surface area (Å²) in [4.78, 5) is 26.0. The molecule has 3 aromatic rings. The Morgan fingerprint density at radius 2 is 1.80 bits per heavy atom. The highest BCUT2D eigenvalue weighted by Crippen LogP contribution is 2.66. The predicted molar refractivity (Wildman–Crippen MR) is 182 cm³/mol. The number of nitrogens with zero attached hydrogens (tertiary/aromatic N) is 1. The zero-order valence-corrected chi connectivity index (χ0v) is 28.3. The number of likely N-dealkylation sites (tertiary alicyclic amines) is 1. The molecule has 49 heavy (non-hydrogen) atoms. The van der Waals surface area contributed by atoms with Crippen LogP contribution in [0.1, 0.15) is 68.7 Å². The molecule has 1 saturated heterocycles. The van der Waals surface area contributed by atoms with E-state index < -0.39 is 23.6 Å². The normalized spacial score (nSPS) is 26.9. The molecule has 258 valence electrons. The monoisotopic (exact) mass is 673 g/mol. The molecule has 5 atom stereocenters. The molecule has 2 aliphatic carbocycles. The van der Waals surface area contributed by atoms with E-state index in [1.807, 2.05) is 6.07 Å². The lowest BCUT2D eigenvalue weighted by molar-refractivity contribution is -0.964. The van der Waals surface area contributed by atoms with Crippen LogP contribution in [0.3, 0.4) is 0 Å². The molecule has 2 fully saturated rings. The predicted octanol–water partition coefficient (Wildman–Crippen LogP) is 8.04. The number of esters is 1. The van der Waals surface area contributed by atoms with Gasteiger partial charge in [-0.15, -0.1) is 0 Å². The molecule has 1 spiro atoms. The number of nitrogens with one attached hydrogen (secondary N) is 1. The van der Waals surface area contributed by atoms with Crippen molar-refractivity contribution in [3.8, 4) is 11.5 Å². The summed E-state index contributed by atoms with van der Waals surface area (Å²) in [7, 11) is 0. The Morgan fingerprint density at radius 1 is 1.08 bits per heavy atom. The number of amides is 1. The number of benzene rings is 3. The molecule has 6 nitrogen and oxygen atoms in total. The number of anilines is 1. The van der Waals surface area contributed by atoms with Crippen LogP contribution in [0.2, 0.25) is 0 Å². The molecule has 9 heteroatoms. The van der Waals surface area contributed by atoms with Gasteiger partial charge in [-0.3, -0.25) is 9.59 Å². The number of quaternary nitrogens is 1. The molecule has 2 aliphatic heterocycles. The molecule has 2 heterocycles. The number of piperidine rings is 1. The van der Waals surface area contributed by atoms with Crippen molar-refractivity contribution < 1.29 is 36.7 Å². The van der Waals surface area contributed by atoms with Crippen LogP contribution in [0.25, 0.3) is 6.08 Å². The van der Waals surface area contributed by atoms with Gasteiger partial charge in [0.15, 0.2) is 0 Å². The molecule has 1 N–H and O–H groups in total. The maximum absolute atomic E-state index is 14.3. The molecule has 2 bridgehead atoms. The summed E-state index contributed by atoms with van der Waals surface area (Å²) in [6, 6.07) is 20.3. The quantitative estimate of drug-likeness (QED) is 0.108. The fraction of sp³-hybridized carbons (Fsp3) is 0.450. The van der Waals surface area contributed by atoms with Gasteiger partial charge < -0.3 is 19.3 Å². The summed E-state index contributed by atoms with van der Waals surface area (Å²) < 4.78 is 56.6. The first-order valence-electron chi connectivity index (χ1n) is 17.5. The van der Waals surface area contributed by atoms with E-state index in [-0.39, 0.29) is 28.8 Å². The number of hydrogen-bond acceptors (Lipinski definition) is 4. The molecule has 1 amide bonds. The third-order valence-corrected chi connectivity index (χ3v) is 11.4. The lowest BCUT2D eigenvalue weighted by atomic mass is 9.51. The molecule has 1 unspecified atom stereocenters. The smallest absolute Gasteiger partial charge is 0.421 e. The molecule has 1 saturated carbocycles. The van der Waals surface area contributed by atoms with Gasteiger partial charge in [0.2, 0.25) is 0 Å². The number of carbonyl (C=O) groups is 2. The van der Waals surface area contributed by atoms with Gasteiger partial charge in [0.1, 0.15) is 23.2 Å². The van der Waals surface area contributed by atoms with Crippen molar-refractivity contribution in [1.29, 1.82) is 0 Å². The highest BCUT2D eigenvalue weighted by molar-refractivity contribution is 6.08. The number of ether oxygens (including phenoxy) is 2. The number of halogens is 3. The van der Waals surface area contributed by atoms with Gasteiger partial charge in [-0.2, -0.15) is 13.2 Å². The number of rotatable bonds is 9. The van der Waals surface area contributed by atoms with Crippen molar-refractivity contribution >= 4 is 23.6 Å². The van der Waals surface area contributed by atoms with Crippen molar-refractivity contribution in [1.82, 2.24) is 0 Å². The number of carbonyl (C=O) groups excluding carboxylic acids is 2. The summed E-state index contributed by atoms with van der Waals surface area (Å²) in [5.41, 5.74) is 1.83. The maximum Gasteiger partial charge on any atom is 0.421 e. The first-order chi connectivity index (χ1) is 23.4. The van der Waals surface area contributed by atoms with E-state index in [0.29, 0.717) is 29.8 Å². The molecular weight excluding hydrogens is 629 g/mol. The summed E-state index contributed by atoms with van der Waals surface area (Å²) >= 11 is 0. The first kappa shape index (κ1) is 33.4. The van der Waals surface area contributed by atoms with Crippen LogP contribution in [-0.4, -0.2) is 54.3 Å². The van der Waals surface area contributed by atoms with Crippen molar-refractivity contribution in [2.75, 3.05) is 25.0 Å². The molecule has 3 aromatic carbocycles. The Bertz CT molecular complexity index is 1770. The Balaban J connectivity index is 1.33. The Hall–Kier alpha value is -4.11. The van der Waals surface area contributed by atoms with Crippen LogP contribution in [0.4, 0.5) is 18.9 Å². The van der Waals surface area contributed by atoms with Gasteiger partial charge in [0, 0.05) is 55.2 Å². The van der Waals surface area contributed by atoms with Gasteiger partial charge in [0.05, 0.1) is 36.8 Å². The highest BCUT2D eigenvalue weighted by atomic mass is 19.4. The van der Waals surface area contributed by atoms with Crippen molar-refractivity contribution in [2.45, 2.75) is 83.0 Å². The van der Waals surface area contributed by atoms with Crippen molar-refractivity contribution in [3.63, 3.8) is 0 Å². The van der Waals surface area contributed by atoms with E-state index in [1.54, 1.807) is 18.2 Å².